The van der Waals surface area contributed by atoms with Gasteiger partial charge in [-0.15, -0.1) is 0 Å². The van der Waals surface area contributed by atoms with E-state index in [4.69, 9.17) is 17.0 Å². The number of hydrogen-bond donors (Lipinski definition) is 1. The largest absolute Gasteiger partial charge is 0.457 e. The van der Waals surface area contributed by atoms with Gasteiger partial charge < -0.3 is 15.0 Å². The quantitative estimate of drug-likeness (QED) is 0.416. The van der Waals surface area contributed by atoms with Crippen molar-refractivity contribution in [2.24, 2.45) is 0 Å². The summed E-state index contributed by atoms with van der Waals surface area (Å²) in [6.07, 6.45) is 5.80. The molecule has 0 atom stereocenters. The molecule has 3 nitrogen and oxygen atoms in total. The molecule has 0 bridgehead atoms. The molecule has 31 heavy (non-hydrogen) atoms. The lowest BCUT2D eigenvalue weighted by Gasteiger charge is -2.36. The Morgan fingerprint density at radius 2 is 1.52 bits per heavy atom. The van der Waals surface area contributed by atoms with E-state index >= 15 is 0 Å². The van der Waals surface area contributed by atoms with Crippen molar-refractivity contribution in [2.75, 3.05) is 5.32 Å². The number of para-hydroxylation sites is 1. The van der Waals surface area contributed by atoms with E-state index in [-0.39, 0.29) is 5.82 Å². The minimum atomic E-state index is -0.187. The van der Waals surface area contributed by atoms with Crippen molar-refractivity contribution in [2.45, 2.75) is 44.7 Å². The molecule has 3 aromatic carbocycles. The maximum absolute atomic E-state index is 14.3. The van der Waals surface area contributed by atoms with Crippen molar-refractivity contribution in [3.63, 3.8) is 0 Å². The maximum atomic E-state index is 14.3. The first kappa shape index (κ1) is 21.3. The summed E-state index contributed by atoms with van der Waals surface area (Å²) < 4.78 is 20.2. The second kappa shape index (κ2) is 10.4. The van der Waals surface area contributed by atoms with Gasteiger partial charge in [-0.2, -0.15) is 0 Å². The van der Waals surface area contributed by atoms with Crippen LogP contribution >= 0.6 is 12.2 Å². The Morgan fingerprint density at radius 1 is 0.871 bits per heavy atom. The van der Waals surface area contributed by atoms with Crippen molar-refractivity contribution >= 4 is 23.0 Å². The van der Waals surface area contributed by atoms with Crippen LogP contribution in [0.4, 0.5) is 10.1 Å². The van der Waals surface area contributed by atoms with Crippen LogP contribution in [0, 0.1) is 5.82 Å². The fourth-order valence-electron chi connectivity index (χ4n) is 4.00. The lowest BCUT2D eigenvalue weighted by atomic mass is 9.94. The van der Waals surface area contributed by atoms with Gasteiger partial charge in [-0.3, -0.25) is 0 Å². The van der Waals surface area contributed by atoms with E-state index in [9.17, 15) is 4.39 Å². The molecule has 0 spiro atoms. The van der Waals surface area contributed by atoms with Gasteiger partial charge in [0.05, 0.1) is 0 Å². The molecule has 1 N–H and O–H groups in total. The number of nitrogens with one attached hydrogen (secondary N) is 1. The molecule has 1 aliphatic carbocycles. The molecule has 5 heteroatoms. The number of rotatable bonds is 6. The Balaban J connectivity index is 1.45. The summed E-state index contributed by atoms with van der Waals surface area (Å²) in [5, 5.41) is 3.98. The zero-order chi connectivity index (χ0) is 21.5. The number of thiocarbonyl (C=S) groups is 1. The Bertz CT molecular complexity index is 988. The first-order chi connectivity index (χ1) is 15.2. The Hall–Kier alpha value is -2.92. The summed E-state index contributed by atoms with van der Waals surface area (Å²) in [5.74, 6) is 1.37. The normalized spacial score (nSPS) is 14.1. The van der Waals surface area contributed by atoms with Crippen LogP contribution in [0.15, 0.2) is 78.9 Å². The molecule has 0 amide bonds. The van der Waals surface area contributed by atoms with Crippen molar-refractivity contribution < 1.29 is 9.13 Å². The summed E-state index contributed by atoms with van der Waals surface area (Å²) >= 11 is 5.78. The van der Waals surface area contributed by atoms with Gasteiger partial charge in [-0.05, 0) is 67.5 Å². The van der Waals surface area contributed by atoms with Gasteiger partial charge in [-0.1, -0.05) is 55.7 Å². The van der Waals surface area contributed by atoms with Crippen LogP contribution in [0.25, 0.3) is 0 Å². The molecule has 3 aromatic rings. The second-order valence-electron chi connectivity index (χ2n) is 7.88. The molecule has 1 saturated carbocycles. The van der Waals surface area contributed by atoms with Gasteiger partial charge in [0.25, 0.3) is 0 Å². The van der Waals surface area contributed by atoms with E-state index in [1.807, 2.05) is 66.7 Å². The molecule has 1 fully saturated rings. The fraction of sp³-hybridized carbons (Fsp3) is 0.269. The molecule has 0 radical (unpaired) electrons. The van der Waals surface area contributed by atoms with Gasteiger partial charge in [0.15, 0.2) is 5.11 Å². The van der Waals surface area contributed by atoms with E-state index in [2.05, 4.69) is 10.2 Å². The number of benzene rings is 3. The number of ether oxygens (including phenoxy) is 1. The van der Waals surface area contributed by atoms with E-state index < -0.39 is 0 Å². The van der Waals surface area contributed by atoms with Crippen molar-refractivity contribution in [3.8, 4) is 11.5 Å². The highest BCUT2D eigenvalue weighted by Crippen LogP contribution is 2.27. The lowest BCUT2D eigenvalue weighted by molar-refractivity contribution is 0.238. The van der Waals surface area contributed by atoms with Crippen LogP contribution in [0.5, 0.6) is 11.5 Å². The zero-order valence-electron chi connectivity index (χ0n) is 17.5. The van der Waals surface area contributed by atoms with Crippen LogP contribution in [-0.4, -0.2) is 16.1 Å². The topological polar surface area (TPSA) is 24.5 Å². The SMILES string of the molecule is Fc1ccccc1CN(C(=S)Nc1ccc(Oc2ccccc2)cc1)C1CCCCC1. The molecular weight excluding hydrogens is 407 g/mol. The van der Waals surface area contributed by atoms with Gasteiger partial charge in [0.1, 0.15) is 17.3 Å². The van der Waals surface area contributed by atoms with E-state index in [0.29, 0.717) is 23.3 Å². The van der Waals surface area contributed by atoms with E-state index in [1.165, 1.54) is 25.3 Å². The molecule has 0 saturated heterocycles. The van der Waals surface area contributed by atoms with Crippen LogP contribution < -0.4 is 10.1 Å². The van der Waals surface area contributed by atoms with Crippen molar-refractivity contribution in [3.05, 3.63) is 90.2 Å². The van der Waals surface area contributed by atoms with Crippen LogP contribution in [0.2, 0.25) is 0 Å². The van der Waals surface area contributed by atoms with Gasteiger partial charge in [0, 0.05) is 23.8 Å². The molecule has 160 valence electrons. The van der Waals surface area contributed by atoms with Gasteiger partial charge >= 0.3 is 0 Å². The molecule has 0 aliphatic heterocycles. The number of nitrogens with zero attached hydrogens (tertiary/aromatic N) is 1. The van der Waals surface area contributed by atoms with Crippen LogP contribution in [-0.2, 0) is 6.54 Å². The number of hydrogen-bond acceptors (Lipinski definition) is 2. The molecule has 0 heterocycles. The van der Waals surface area contributed by atoms with Crippen LogP contribution in [0.1, 0.15) is 37.7 Å². The van der Waals surface area contributed by atoms with Crippen LogP contribution in [0.3, 0.4) is 0 Å². The van der Waals surface area contributed by atoms with Crippen molar-refractivity contribution in [1.82, 2.24) is 4.90 Å². The summed E-state index contributed by atoms with van der Waals surface area (Å²) in [5.41, 5.74) is 1.56. The first-order valence-electron chi connectivity index (χ1n) is 10.8. The smallest absolute Gasteiger partial charge is 0.173 e. The second-order valence-corrected chi connectivity index (χ2v) is 8.27. The third-order valence-electron chi connectivity index (χ3n) is 5.66. The predicted octanol–water partition coefficient (Wildman–Crippen LogP) is 7.15. The zero-order valence-corrected chi connectivity index (χ0v) is 18.3. The molecule has 0 unspecified atom stereocenters. The molecular formula is C26H27FN2OS. The molecule has 0 aromatic heterocycles. The Morgan fingerprint density at radius 3 is 2.23 bits per heavy atom. The summed E-state index contributed by atoms with van der Waals surface area (Å²) in [7, 11) is 0. The highest BCUT2D eigenvalue weighted by molar-refractivity contribution is 7.80. The number of anilines is 1. The lowest BCUT2D eigenvalue weighted by Crippen LogP contribution is -2.43. The summed E-state index contributed by atoms with van der Waals surface area (Å²) in [6.45, 7) is 0.471. The third-order valence-corrected chi connectivity index (χ3v) is 6.00. The van der Waals surface area contributed by atoms with E-state index in [1.54, 1.807) is 6.07 Å². The van der Waals surface area contributed by atoms with Crippen molar-refractivity contribution in [1.29, 1.82) is 0 Å². The molecule has 1 aliphatic rings. The predicted molar refractivity (Wildman–Crippen MR) is 128 cm³/mol. The summed E-state index contributed by atoms with van der Waals surface area (Å²) in [4.78, 5) is 2.15. The monoisotopic (exact) mass is 434 g/mol. The highest BCUT2D eigenvalue weighted by atomic mass is 32.1. The summed E-state index contributed by atoms with van der Waals surface area (Å²) in [6, 6.07) is 24.7. The maximum Gasteiger partial charge on any atom is 0.173 e. The van der Waals surface area contributed by atoms with Gasteiger partial charge in [0.2, 0.25) is 0 Å². The molecule has 4 rings (SSSR count). The average molecular weight is 435 g/mol. The van der Waals surface area contributed by atoms with E-state index in [0.717, 1.165) is 30.0 Å². The first-order valence-corrected chi connectivity index (χ1v) is 11.2. The highest BCUT2D eigenvalue weighted by Gasteiger charge is 2.24. The average Bonchev–Trinajstić information content (AvgIpc) is 2.81. The minimum Gasteiger partial charge on any atom is -0.457 e. The van der Waals surface area contributed by atoms with Gasteiger partial charge in [-0.25, -0.2) is 4.39 Å². The Kier molecular flexibility index (Phi) is 7.15. The Labute approximate surface area is 188 Å². The fourth-order valence-corrected chi connectivity index (χ4v) is 4.33. The minimum absolute atomic E-state index is 0.187. The number of halogens is 1. The third kappa shape index (κ3) is 5.82. The standard InChI is InChI=1S/C26H27FN2OS/c27-25-14-8-7-9-20(25)19-29(22-10-3-1-4-11-22)26(31)28-21-15-17-24(18-16-21)30-23-12-5-2-6-13-23/h2,5-9,12-18,22H,1,3-4,10-11,19H2,(H,28,31).